The number of likely N-dealkylation sites (N-methyl/N-ethyl adjacent to an activating group) is 1. The molecule has 0 saturated carbocycles. The van der Waals surface area contributed by atoms with Crippen molar-refractivity contribution in [3.63, 3.8) is 0 Å². The van der Waals surface area contributed by atoms with Crippen LogP contribution in [0.4, 0.5) is 4.79 Å². The number of carbonyl (C=O) groups excluding carboxylic acids is 1. The lowest BCUT2D eigenvalue weighted by atomic mass is 10.0. The summed E-state index contributed by atoms with van der Waals surface area (Å²) in [6.45, 7) is 9.04. The SMILES string of the molecule is Cc1cc(C)n(CCN(C)C(=O)N[C@@H](CC(=O)O)CC(C)C)n1. The molecule has 1 atom stereocenters. The van der Waals surface area contributed by atoms with Gasteiger partial charge in [-0.25, -0.2) is 4.79 Å². The van der Waals surface area contributed by atoms with Gasteiger partial charge in [0.05, 0.1) is 18.7 Å². The molecule has 2 N–H and O–H groups in total. The highest BCUT2D eigenvalue weighted by atomic mass is 16.4. The first-order chi connectivity index (χ1) is 10.7. The Labute approximate surface area is 137 Å². The number of nitrogens with one attached hydrogen (secondary N) is 1. The maximum Gasteiger partial charge on any atom is 0.317 e. The molecule has 130 valence electrons. The zero-order valence-corrected chi connectivity index (χ0v) is 14.7. The van der Waals surface area contributed by atoms with Gasteiger partial charge in [0.25, 0.3) is 0 Å². The predicted octanol–water partition coefficient (Wildman–Crippen LogP) is 2.03. The summed E-state index contributed by atoms with van der Waals surface area (Å²) >= 11 is 0. The molecule has 0 saturated heterocycles. The van der Waals surface area contributed by atoms with E-state index in [0.29, 0.717) is 25.4 Å². The Morgan fingerprint density at radius 1 is 1.39 bits per heavy atom. The van der Waals surface area contributed by atoms with Crippen LogP contribution in [0.3, 0.4) is 0 Å². The molecule has 1 heterocycles. The van der Waals surface area contributed by atoms with Gasteiger partial charge in [-0.2, -0.15) is 5.10 Å². The Balaban J connectivity index is 2.53. The minimum absolute atomic E-state index is 0.0603. The van der Waals surface area contributed by atoms with Crippen LogP contribution in [0.25, 0.3) is 0 Å². The molecule has 0 radical (unpaired) electrons. The Bertz CT molecular complexity index is 539. The van der Waals surface area contributed by atoms with Gasteiger partial charge in [0, 0.05) is 25.3 Å². The van der Waals surface area contributed by atoms with Crippen molar-refractivity contribution in [1.29, 1.82) is 0 Å². The lowest BCUT2D eigenvalue weighted by Crippen LogP contribution is -2.45. The van der Waals surface area contributed by atoms with Crippen LogP contribution in [0.15, 0.2) is 6.07 Å². The summed E-state index contributed by atoms with van der Waals surface area (Å²) in [5, 5.41) is 16.1. The van der Waals surface area contributed by atoms with Crippen LogP contribution in [0.1, 0.15) is 38.1 Å². The first-order valence-electron chi connectivity index (χ1n) is 7.93. The zero-order valence-electron chi connectivity index (χ0n) is 14.7. The quantitative estimate of drug-likeness (QED) is 0.766. The second-order valence-electron chi connectivity index (χ2n) is 6.45. The largest absolute Gasteiger partial charge is 0.481 e. The summed E-state index contributed by atoms with van der Waals surface area (Å²) in [6, 6.07) is 1.39. The van der Waals surface area contributed by atoms with Gasteiger partial charge < -0.3 is 15.3 Å². The van der Waals surface area contributed by atoms with Crippen molar-refractivity contribution in [3.8, 4) is 0 Å². The van der Waals surface area contributed by atoms with Crippen LogP contribution in [-0.4, -0.2) is 51.4 Å². The molecule has 0 aromatic carbocycles. The summed E-state index contributed by atoms with van der Waals surface area (Å²) in [6.07, 6.45) is 0.582. The Morgan fingerprint density at radius 3 is 2.52 bits per heavy atom. The van der Waals surface area contributed by atoms with Gasteiger partial charge in [-0.15, -0.1) is 0 Å². The third-order valence-electron chi connectivity index (χ3n) is 3.60. The first kappa shape index (κ1) is 19.0. The number of carboxylic acids is 1. The lowest BCUT2D eigenvalue weighted by Gasteiger charge is -2.24. The number of hydrogen-bond acceptors (Lipinski definition) is 3. The molecule has 1 aromatic rings. The highest BCUT2D eigenvalue weighted by molar-refractivity contribution is 5.75. The monoisotopic (exact) mass is 324 g/mol. The number of hydrogen-bond donors (Lipinski definition) is 2. The van der Waals surface area contributed by atoms with Crippen molar-refractivity contribution in [1.82, 2.24) is 20.0 Å². The summed E-state index contributed by atoms with van der Waals surface area (Å²) in [5.74, 6) is -0.583. The van der Waals surface area contributed by atoms with Gasteiger partial charge in [-0.1, -0.05) is 13.8 Å². The molecule has 1 aromatic heterocycles. The maximum atomic E-state index is 12.2. The number of carbonyl (C=O) groups is 2. The number of aryl methyl sites for hydroxylation is 2. The Morgan fingerprint density at radius 2 is 2.04 bits per heavy atom. The van der Waals surface area contributed by atoms with Crippen LogP contribution in [0, 0.1) is 19.8 Å². The van der Waals surface area contributed by atoms with E-state index in [0.717, 1.165) is 11.4 Å². The molecule has 2 amide bonds. The molecule has 0 aliphatic carbocycles. The molecule has 23 heavy (non-hydrogen) atoms. The minimum Gasteiger partial charge on any atom is -0.481 e. The summed E-state index contributed by atoms with van der Waals surface area (Å²) in [5.41, 5.74) is 2.01. The molecular weight excluding hydrogens is 296 g/mol. The van der Waals surface area contributed by atoms with Gasteiger partial charge in [0.2, 0.25) is 0 Å². The van der Waals surface area contributed by atoms with Crippen LogP contribution in [0.5, 0.6) is 0 Å². The van der Waals surface area contributed by atoms with Crippen LogP contribution in [0.2, 0.25) is 0 Å². The summed E-state index contributed by atoms with van der Waals surface area (Å²) < 4.78 is 1.86. The maximum absolute atomic E-state index is 12.2. The molecular formula is C16H28N4O3. The lowest BCUT2D eigenvalue weighted by molar-refractivity contribution is -0.137. The standard InChI is InChI=1S/C16H28N4O3/c1-11(2)8-14(10-15(21)22)17-16(23)19(5)6-7-20-13(4)9-12(3)18-20/h9,11,14H,6-8,10H2,1-5H3,(H,17,23)(H,21,22)/t14-/m1/s1. The number of rotatable bonds is 8. The highest BCUT2D eigenvalue weighted by Gasteiger charge is 2.19. The fraction of sp³-hybridized carbons (Fsp3) is 0.688. The molecule has 0 aliphatic heterocycles. The summed E-state index contributed by atoms with van der Waals surface area (Å²) in [7, 11) is 1.70. The number of aromatic nitrogens is 2. The van der Waals surface area contributed by atoms with E-state index in [-0.39, 0.29) is 18.5 Å². The molecule has 1 rings (SSSR count). The second kappa shape index (κ2) is 8.55. The van der Waals surface area contributed by atoms with Crippen molar-refractivity contribution in [2.75, 3.05) is 13.6 Å². The van der Waals surface area contributed by atoms with Crippen molar-refractivity contribution in [3.05, 3.63) is 17.5 Å². The number of nitrogens with zero attached hydrogens (tertiary/aromatic N) is 3. The number of urea groups is 1. The van der Waals surface area contributed by atoms with Gasteiger partial charge in [0.15, 0.2) is 0 Å². The molecule has 0 spiro atoms. The second-order valence-corrected chi connectivity index (χ2v) is 6.45. The van der Waals surface area contributed by atoms with Crippen molar-refractivity contribution < 1.29 is 14.7 Å². The molecule has 0 bridgehead atoms. The van der Waals surface area contributed by atoms with Gasteiger partial charge in [0.1, 0.15) is 0 Å². The fourth-order valence-electron chi connectivity index (χ4n) is 2.51. The molecule has 7 nitrogen and oxygen atoms in total. The normalized spacial score (nSPS) is 12.3. The average molecular weight is 324 g/mol. The van der Waals surface area contributed by atoms with Gasteiger partial charge in [-0.05, 0) is 32.3 Å². The topological polar surface area (TPSA) is 87.5 Å². The van der Waals surface area contributed by atoms with Gasteiger partial charge in [-0.3, -0.25) is 9.48 Å². The van der Waals surface area contributed by atoms with Crippen molar-refractivity contribution >= 4 is 12.0 Å². The van der Waals surface area contributed by atoms with E-state index in [1.165, 1.54) is 0 Å². The average Bonchev–Trinajstić information content (AvgIpc) is 2.72. The molecule has 0 fully saturated rings. The van der Waals surface area contributed by atoms with E-state index in [1.807, 2.05) is 38.4 Å². The van der Waals surface area contributed by atoms with E-state index >= 15 is 0 Å². The van der Waals surface area contributed by atoms with Crippen LogP contribution < -0.4 is 5.32 Å². The molecule has 0 aliphatic rings. The smallest absolute Gasteiger partial charge is 0.317 e. The van der Waals surface area contributed by atoms with Gasteiger partial charge >= 0.3 is 12.0 Å². The summed E-state index contributed by atoms with van der Waals surface area (Å²) in [4.78, 5) is 24.7. The fourth-order valence-corrected chi connectivity index (χ4v) is 2.51. The predicted molar refractivity (Wildman–Crippen MR) is 88.4 cm³/mol. The molecule has 0 unspecified atom stereocenters. The van der Waals surface area contributed by atoms with E-state index in [1.54, 1.807) is 11.9 Å². The zero-order chi connectivity index (χ0) is 17.6. The third kappa shape index (κ3) is 6.71. The number of carboxylic acid groups (broad SMARTS) is 1. The minimum atomic E-state index is -0.902. The Hall–Kier alpha value is -2.05. The van der Waals surface area contributed by atoms with E-state index in [9.17, 15) is 9.59 Å². The van der Waals surface area contributed by atoms with E-state index in [4.69, 9.17) is 5.11 Å². The first-order valence-corrected chi connectivity index (χ1v) is 7.93. The van der Waals surface area contributed by atoms with E-state index < -0.39 is 5.97 Å². The molecule has 7 heteroatoms. The number of amides is 2. The third-order valence-corrected chi connectivity index (χ3v) is 3.60. The van der Waals surface area contributed by atoms with Crippen LogP contribution >= 0.6 is 0 Å². The van der Waals surface area contributed by atoms with Crippen LogP contribution in [-0.2, 0) is 11.3 Å². The highest BCUT2D eigenvalue weighted by Crippen LogP contribution is 2.09. The van der Waals surface area contributed by atoms with Crippen molar-refractivity contribution in [2.24, 2.45) is 5.92 Å². The Kier molecular flexibility index (Phi) is 7.06. The van der Waals surface area contributed by atoms with Crippen molar-refractivity contribution in [2.45, 2.75) is 53.1 Å². The number of aliphatic carboxylic acids is 1. The van der Waals surface area contributed by atoms with E-state index in [2.05, 4.69) is 10.4 Å².